The van der Waals surface area contributed by atoms with Crippen LogP contribution >= 0.6 is 0 Å². The Hall–Kier alpha value is 0.189. The van der Waals surface area contributed by atoms with Gasteiger partial charge in [0.25, 0.3) is 0 Å². The van der Waals surface area contributed by atoms with Crippen LogP contribution in [-0.4, -0.2) is 27.3 Å². The summed E-state index contributed by atoms with van der Waals surface area (Å²) >= 11 is 2.96. The zero-order valence-corrected chi connectivity index (χ0v) is 9.06. The molecule has 0 saturated carbocycles. The van der Waals surface area contributed by atoms with Crippen molar-refractivity contribution in [2.75, 3.05) is 0 Å². The molecule has 0 aromatic heterocycles. The van der Waals surface area contributed by atoms with E-state index in [1.807, 2.05) is 12.1 Å². The van der Waals surface area contributed by atoms with Crippen molar-refractivity contribution in [2.45, 2.75) is 6.92 Å². The molecule has 0 unspecified atom stereocenters. The van der Waals surface area contributed by atoms with Crippen molar-refractivity contribution in [1.29, 1.82) is 0 Å². The van der Waals surface area contributed by atoms with E-state index in [1.54, 1.807) is 6.92 Å². The zero-order chi connectivity index (χ0) is 7.56. The number of aryl methyl sites for hydroxylation is 1. The Labute approximate surface area is 72.7 Å². The van der Waals surface area contributed by atoms with E-state index in [2.05, 4.69) is 14.2 Å². The van der Waals surface area contributed by atoms with Crippen LogP contribution in [-0.2, 0) is 0 Å². The van der Waals surface area contributed by atoms with Gasteiger partial charge in [-0.3, -0.25) is 0 Å². The Morgan fingerprint density at radius 1 is 1.50 bits per heavy atom. The summed E-state index contributed by atoms with van der Waals surface area (Å²) in [5.74, 6) is -0.111. The third kappa shape index (κ3) is 1.83. The average molecular weight is 268 g/mol. The van der Waals surface area contributed by atoms with Crippen molar-refractivity contribution in [2.24, 2.45) is 0 Å². The van der Waals surface area contributed by atoms with Gasteiger partial charge in [0.05, 0.1) is 0 Å². The second-order valence-corrected chi connectivity index (χ2v) is 5.36. The van der Waals surface area contributed by atoms with Crippen LogP contribution in [0.1, 0.15) is 5.56 Å². The minimum absolute atomic E-state index is 0.111. The van der Waals surface area contributed by atoms with Crippen LogP contribution in [0.4, 0.5) is 4.39 Å². The molecule has 54 valence electrons. The monoisotopic (exact) mass is 270 g/mol. The first-order chi connectivity index (χ1) is 4.74. The predicted molar refractivity (Wildman–Crippen MR) is 43.7 cm³/mol. The molecule has 0 heterocycles. The summed E-state index contributed by atoms with van der Waals surface area (Å²) < 4.78 is 13.9. The van der Waals surface area contributed by atoms with Crippen molar-refractivity contribution < 1.29 is 4.39 Å². The van der Waals surface area contributed by atoms with Gasteiger partial charge in [0, 0.05) is 0 Å². The summed E-state index contributed by atoms with van der Waals surface area (Å²) in [6.07, 6.45) is 0. The fourth-order valence-electron chi connectivity index (χ4n) is 0.674. The van der Waals surface area contributed by atoms with Crippen LogP contribution in [0.5, 0.6) is 0 Å². The molecule has 1 aromatic carbocycles. The Bertz CT molecular complexity index is 235. The second-order valence-electron chi connectivity index (χ2n) is 2.00. The molecular weight excluding hydrogens is 261 g/mol. The molecule has 0 fully saturated rings. The van der Waals surface area contributed by atoms with Gasteiger partial charge in [0.15, 0.2) is 0 Å². The molecular formula is C7H7FSe2. The van der Waals surface area contributed by atoms with E-state index in [0.717, 1.165) is 5.56 Å². The normalized spacial score (nSPS) is 9.90. The molecule has 0 spiro atoms. The Morgan fingerprint density at radius 3 is 2.70 bits per heavy atom. The van der Waals surface area contributed by atoms with Gasteiger partial charge < -0.3 is 0 Å². The molecule has 0 saturated heterocycles. The van der Waals surface area contributed by atoms with E-state index in [9.17, 15) is 4.39 Å². The Balaban J connectivity index is 3.04. The van der Waals surface area contributed by atoms with Gasteiger partial charge in [-0.1, -0.05) is 0 Å². The van der Waals surface area contributed by atoms with E-state index in [1.165, 1.54) is 10.5 Å². The van der Waals surface area contributed by atoms with Crippen molar-refractivity contribution in [1.82, 2.24) is 0 Å². The summed E-state index contributed by atoms with van der Waals surface area (Å²) in [7, 11) is 0. The average Bonchev–Trinajstić information content (AvgIpc) is 1.95. The summed E-state index contributed by atoms with van der Waals surface area (Å²) in [6, 6.07) is 5.26. The maximum absolute atomic E-state index is 12.6. The van der Waals surface area contributed by atoms with Gasteiger partial charge in [0.1, 0.15) is 0 Å². The third-order valence-corrected chi connectivity index (χ3v) is 4.51. The second kappa shape index (κ2) is 3.54. The molecule has 0 amide bonds. The molecule has 0 bridgehead atoms. The fourth-order valence-corrected chi connectivity index (χ4v) is 2.66. The molecule has 0 nitrogen and oxygen atoms in total. The standard InChI is InChI=1S/C7H7FSe2/c1-5-4-6(10-9)2-3-7(5)8/h2-4,9H,1H3. The Morgan fingerprint density at radius 2 is 2.20 bits per heavy atom. The topological polar surface area (TPSA) is 0 Å². The van der Waals surface area contributed by atoms with Crippen LogP contribution in [0.15, 0.2) is 18.2 Å². The number of hydrogen-bond acceptors (Lipinski definition) is 0. The van der Waals surface area contributed by atoms with Gasteiger partial charge in [-0.05, 0) is 0 Å². The van der Waals surface area contributed by atoms with Crippen LogP contribution in [0.3, 0.4) is 0 Å². The number of hydrogen-bond donors (Lipinski definition) is 0. The van der Waals surface area contributed by atoms with E-state index in [4.69, 9.17) is 0 Å². The molecule has 0 aliphatic rings. The molecule has 0 N–H and O–H groups in total. The van der Waals surface area contributed by atoms with E-state index in [0.29, 0.717) is 13.1 Å². The zero-order valence-electron chi connectivity index (χ0n) is 5.47. The summed E-state index contributed by atoms with van der Waals surface area (Å²) in [5, 5.41) is 0. The predicted octanol–water partition coefficient (Wildman–Crippen LogP) is 0.279. The van der Waals surface area contributed by atoms with Gasteiger partial charge in [-0.2, -0.15) is 0 Å². The maximum atomic E-state index is 12.6. The van der Waals surface area contributed by atoms with Crippen molar-refractivity contribution in [3.05, 3.63) is 29.6 Å². The number of benzene rings is 1. The molecule has 0 radical (unpaired) electrons. The van der Waals surface area contributed by atoms with Crippen LogP contribution in [0.25, 0.3) is 0 Å². The summed E-state index contributed by atoms with van der Waals surface area (Å²) in [4.78, 5) is 0. The van der Waals surface area contributed by atoms with Gasteiger partial charge in [0.2, 0.25) is 0 Å². The van der Waals surface area contributed by atoms with Gasteiger partial charge in [-0.25, -0.2) is 0 Å². The molecule has 0 aliphatic carbocycles. The van der Waals surface area contributed by atoms with Gasteiger partial charge in [-0.15, -0.1) is 0 Å². The molecule has 1 rings (SSSR count). The van der Waals surface area contributed by atoms with Crippen LogP contribution in [0, 0.1) is 12.7 Å². The molecule has 1 aromatic rings. The fraction of sp³-hybridized carbons (Fsp3) is 0.143. The SMILES string of the molecule is Cc1cc([Se][SeH])ccc1F. The third-order valence-electron chi connectivity index (χ3n) is 1.23. The van der Waals surface area contributed by atoms with Crippen molar-refractivity contribution >= 4 is 31.8 Å². The van der Waals surface area contributed by atoms with Crippen LogP contribution < -0.4 is 4.46 Å². The molecule has 0 atom stereocenters. The number of rotatable bonds is 1. The molecule has 10 heavy (non-hydrogen) atoms. The summed E-state index contributed by atoms with van der Waals surface area (Å²) in [5.41, 5.74) is 0.741. The van der Waals surface area contributed by atoms with E-state index in [-0.39, 0.29) is 5.82 Å². The quantitative estimate of drug-likeness (QED) is 0.642. The van der Waals surface area contributed by atoms with Gasteiger partial charge >= 0.3 is 72.7 Å². The van der Waals surface area contributed by atoms with Crippen LogP contribution in [0.2, 0.25) is 0 Å². The molecule has 0 aliphatic heterocycles. The number of halogens is 1. The first-order valence-corrected chi connectivity index (χ1v) is 8.42. The first kappa shape index (κ1) is 8.29. The van der Waals surface area contributed by atoms with Crippen molar-refractivity contribution in [3.8, 4) is 0 Å². The van der Waals surface area contributed by atoms with E-state index < -0.39 is 0 Å². The van der Waals surface area contributed by atoms with E-state index >= 15 is 0 Å². The summed E-state index contributed by atoms with van der Waals surface area (Å²) in [6.45, 7) is 1.79. The Kier molecular flexibility index (Phi) is 2.94. The first-order valence-electron chi connectivity index (χ1n) is 2.81. The molecule has 3 heteroatoms. The minimum atomic E-state index is -0.111. The van der Waals surface area contributed by atoms with Crippen molar-refractivity contribution in [3.63, 3.8) is 0 Å².